The third-order valence-corrected chi connectivity index (χ3v) is 9.42. The van der Waals surface area contributed by atoms with Gasteiger partial charge in [-0.3, -0.25) is 14.5 Å². The minimum absolute atomic E-state index is 0.0844. The molecule has 0 spiro atoms. The van der Waals surface area contributed by atoms with Gasteiger partial charge in [-0.25, -0.2) is 27.5 Å². The van der Waals surface area contributed by atoms with Crippen LogP contribution in [0, 0.1) is 17.6 Å². The van der Waals surface area contributed by atoms with Crippen LogP contribution in [0.4, 0.5) is 26.3 Å². The number of pyridine rings is 1. The summed E-state index contributed by atoms with van der Waals surface area (Å²) in [6.07, 6.45) is -0.216. The third-order valence-electron chi connectivity index (χ3n) is 8.61. The molecule has 0 radical (unpaired) electrons. The molecule has 2 N–H and O–H groups in total. The highest BCUT2D eigenvalue weighted by Crippen LogP contribution is 2.68. The van der Waals surface area contributed by atoms with Gasteiger partial charge in [-0.1, -0.05) is 6.07 Å². The van der Waals surface area contributed by atoms with Crippen LogP contribution in [0.2, 0.25) is 0 Å². The van der Waals surface area contributed by atoms with Gasteiger partial charge in [0, 0.05) is 23.1 Å². The quantitative estimate of drug-likeness (QED) is 0.173. The number of nitrogens with one attached hydrogen (secondary N) is 2. The summed E-state index contributed by atoms with van der Waals surface area (Å²) in [6.45, 7) is -0.787. The lowest BCUT2D eigenvalue weighted by Gasteiger charge is -2.23. The molecule has 6 aromatic rings. The summed E-state index contributed by atoms with van der Waals surface area (Å²) in [5, 5.41) is 6.51. The van der Waals surface area contributed by atoms with Crippen molar-refractivity contribution in [2.75, 3.05) is 0 Å². The lowest BCUT2D eigenvalue weighted by molar-refractivity contribution is -0.123. The molecule has 4 heterocycles. The molecule has 2 aromatic carbocycles. The van der Waals surface area contributed by atoms with Crippen molar-refractivity contribution in [3.8, 4) is 11.1 Å². The van der Waals surface area contributed by atoms with Crippen molar-refractivity contribution in [2.45, 2.75) is 43.7 Å². The fourth-order valence-corrected chi connectivity index (χ4v) is 7.29. The lowest BCUT2D eigenvalue weighted by atomic mass is 9.94. The SMILES string of the molecule is O=C(Cn1nc(C(F)F)c2c1C(F)(F)[C@@H]1C[C@H]21)NC(Cc1cc(F)cc(F)c1)c1ncc2nc[nH]c2c1-c1ccc2scnc2c1. The molecule has 1 fully saturated rings. The molecule has 1 saturated carbocycles. The van der Waals surface area contributed by atoms with Crippen LogP contribution in [0.3, 0.4) is 0 Å². The number of imidazole rings is 1. The van der Waals surface area contributed by atoms with Crippen LogP contribution in [0.15, 0.2) is 54.4 Å². The first kappa shape index (κ1) is 28.7. The molecular formula is C31H21F6N7OS. The van der Waals surface area contributed by atoms with E-state index in [4.69, 9.17) is 0 Å². The van der Waals surface area contributed by atoms with E-state index < -0.39 is 65.7 Å². The summed E-state index contributed by atoms with van der Waals surface area (Å²) >= 11 is 1.45. The first-order valence-corrected chi connectivity index (χ1v) is 15.1. The maximum atomic E-state index is 15.2. The van der Waals surface area contributed by atoms with Gasteiger partial charge in [0.2, 0.25) is 5.91 Å². The van der Waals surface area contributed by atoms with E-state index in [1.54, 1.807) is 5.51 Å². The van der Waals surface area contributed by atoms with Gasteiger partial charge in [0.1, 0.15) is 35.1 Å². The largest absolute Gasteiger partial charge is 0.346 e. The van der Waals surface area contributed by atoms with E-state index >= 15 is 8.78 Å². The number of benzene rings is 2. The second-order valence-corrected chi connectivity index (χ2v) is 12.4. The number of hydrogen-bond acceptors (Lipinski definition) is 6. The van der Waals surface area contributed by atoms with Crippen LogP contribution in [0.5, 0.6) is 0 Å². The van der Waals surface area contributed by atoms with Crippen molar-refractivity contribution in [1.29, 1.82) is 0 Å². The van der Waals surface area contributed by atoms with Crippen molar-refractivity contribution in [3.63, 3.8) is 0 Å². The third kappa shape index (κ3) is 4.63. The molecule has 2 aliphatic carbocycles. The summed E-state index contributed by atoms with van der Waals surface area (Å²) in [5.74, 6) is -7.72. The number of H-pyrrole nitrogens is 1. The van der Waals surface area contributed by atoms with Crippen LogP contribution >= 0.6 is 11.3 Å². The van der Waals surface area contributed by atoms with Crippen LogP contribution in [0.1, 0.15) is 53.0 Å². The minimum Gasteiger partial charge on any atom is -0.346 e. The smallest absolute Gasteiger partial charge is 0.293 e. The Morgan fingerprint density at radius 2 is 1.87 bits per heavy atom. The van der Waals surface area contributed by atoms with E-state index in [-0.39, 0.29) is 29.7 Å². The van der Waals surface area contributed by atoms with Gasteiger partial charge in [-0.15, -0.1) is 11.3 Å². The molecule has 8 nitrogen and oxygen atoms in total. The van der Waals surface area contributed by atoms with Gasteiger partial charge in [0.05, 0.1) is 45.5 Å². The molecule has 234 valence electrons. The Morgan fingerprint density at radius 3 is 2.65 bits per heavy atom. The molecule has 4 aromatic heterocycles. The highest BCUT2D eigenvalue weighted by Gasteiger charge is 2.67. The zero-order valence-electron chi connectivity index (χ0n) is 23.4. The first-order valence-electron chi connectivity index (χ1n) is 14.3. The fourth-order valence-electron chi connectivity index (χ4n) is 6.63. The van der Waals surface area contributed by atoms with Crippen LogP contribution in [0.25, 0.3) is 32.4 Å². The van der Waals surface area contributed by atoms with Gasteiger partial charge < -0.3 is 10.3 Å². The summed E-state index contributed by atoms with van der Waals surface area (Å²) < 4.78 is 88.1. The Morgan fingerprint density at radius 1 is 1.07 bits per heavy atom. The fraction of sp³-hybridized carbons (Fsp3) is 0.258. The summed E-state index contributed by atoms with van der Waals surface area (Å²) in [4.78, 5) is 30.0. The van der Waals surface area contributed by atoms with Crippen LogP contribution in [-0.2, 0) is 23.7 Å². The summed E-state index contributed by atoms with van der Waals surface area (Å²) in [6, 6.07) is 7.42. The van der Waals surface area contributed by atoms with E-state index in [1.807, 2.05) is 18.2 Å². The molecule has 0 aliphatic heterocycles. The number of alkyl halides is 4. The number of fused-ring (bicyclic) bond motifs is 5. The molecule has 0 saturated heterocycles. The number of rotatable bonds is 8. The molecule has 46 heavy (non-hydrogen) atoms. The number of amides is 1. The molecule has 15 heteroatoms. The molecule has 1 amide bonds. The Hall–Kier alpha value is -4.79. The zero-order valence-corrected chi connectivity index (χ0v) is 24.3. The Kier molecular flexibility index (Phi) is 6.46. The van der Waals surface area contributed by atoms with E-state index in [0.29, 0.717) is 38.4 Å². The average molecular weight is 654 g/mol. The van der Waals surface area contributed by atoms with Crippen molar-refractivity contribution in [3.05, 3.63) is 94.3 Å². The van der Waals surface area contributed by atoms with Gasteiger partial charge in [-0.05, 0) is 54.2 Å². The number of hydrogen-bond donors (Lipinski definition) is 2. The molecule has 2 aliphatic rings. The highest BCUT2D eigenvalue weighted by atomic mass is 32.1. The zero-order chi connectivity index (χ0) is 31.9. The topological polar surface area (TPSA) is 101 Å². The van der Waals surface area contributed by atoms with E-state index in [1.165, 1.54) is 23.9 Å². The maximum Gasteiger partial charge on any atom is 0.293 e. The highest BCUT2D eigenvalue weighted by molar-refractivity contribution is 7.16. The van der Waals surface area contributed by atoms with Crippen LogP contribution in [-0.4, -0.2) is 35.6 Å². The monoisotopic (exact) mass is 653 g/mol. The Balaban J connectivity index is 1.21. The number of halogens is 6. The molecule has 1 unspecified atom stereocenters. The lowest BCUT2D eigenvalue weighted by Crippen LogP contribution is -2.35. The summed E-state index contributed by atoms with van der Waals surface area (Å²) in [7, 11) is 0. The summed E-state index contributed by atoms with van der Waals surface area (Å²) in [5.41, 5.74) is 3.53. The van der Waals surface area contributed by atoms with Gasteiger partial charge in [0.25, 0.3) is 12.3 Å². The Labute approximate surface area is 259 Å². The van der Waals surface area contributed by atoms with E-state index in [2.05, 4.69) is 30.4 Å². The van der Waals surface area contributed by atoms with E-state index in [0.717, 1.165) is 16.8 Å². The predicted octanol–water partition coefficient (Wildman–Crippen LogP) is 6.96. The number of carbonyl (C=O) groups is 1. The normalized spacial score (nSPS) is 18.7. The molecule has 8 rings (SSSR count). The van der Waals surface area contributed by atoms with Crippen molar-refractivity contribution < 1.29 is 31.1 Å². The number of thiazole rings is 1. The van der Waals surface area contributed by atoms with Gasteiger partial charge in [-0.2, -0.15) is 13.9 Å². The second kappa shape index (κ2) is 10.4. The molecular weight excluding hydrogens is 632 g/mol. The molecule has 0 bridgehead atoms. The number of aromatic nitrogens is 6. The second-order valence-electron chi connectivity index (χ2n) is 11.5. The van der Waals surface area contributed by atoms with E-state index in [9.17, 15) is 22.4 Å². The maximum absolute atomic E-state index is 15.2. The minimum atomic E-state index is -3.41. The predicted molar refractivity (Wildman–Crippen MR) is 155 cm³/mol. The standard InChI is InChI=1S/C31H21F6N7OS/c32-15-3-13(4-16(33)7-15)5-20(42-23(45)10-44-29-25(28(43-44)30(34)35)17-8-18(17)31(29,36)37)26-24(27-21(9-38-26)39-11-40-27)14-1-2-22-19(6-14)41-12-46-22/h1-4,6-7,9,11-12,17-18,20,30H,5,8,10H2,(H,39,40)(H,42,45)/t17-,18+,20?/m0/s1. The average Bonchev–Trinajstić information content (AvgIpc) is 3.30. The van der Waals surface area contributed by atoms with Crippen LogP contribution < -0.4 is 5.32 Å². The number of carbonyl (C=O) groups excluding carboxylic acids is 1. The van der Waals surface area contributed by atoms with Gasteiger partial charge in [0.15, 0.2) is 0 Å². The van der Waals surface area contributed by atoms with Crippen molar-refractivity contribution >= 4 is 38.5 Å². The Bertz CT molecular complexity index is 2160. The number of aromatic amines is 1. The number of nitrogens with zero attached hydrogens (tertiary/aromatic N) is 5. The van der Waals surface area contributed by atoms with Crippen molar-refractivity contribution in [1.82, 2.24) is 35.0 Å². The molecule has 3 atom stereocenters. The van der Waals surface area contributed by atoms with Gasteiger partial charge >= 0.3 is 0 Å². The van der Waals surface area contributed by atoms with Crippen molar-refractivity contribution in [2.24, 2.45) is 5.92 Å². The first-order chi connectivity index (χ1) is 22.1.